The lowest BCUT2D eigenvalue weighted by atomic mass is 10.2. The zero-order valence-electron chi connectivity index (χ0n) is 10.4. The molecular weight excluding hydrogens is 282 g/mol. The fourth-order valence-corrected chi connectivity index (χ4v) is 2.34. The second kappa shape index (κ2) is 4.96. The number of halogens is 1. The Morgan fingerprint density at radius 2 is 1.94 bits per heavy atom. The van der Waals surface area contributed by atoms with Gasteiger partial charge in [-0.15, -0.1) is 0 Å². The molecule has 4 heteroatoms. The van der Waals surface area contributed by atoms with Crippen LogP contribution in [0.2, 0.25) is 0 Å². The highest BCUT2D eigenvalue weighted by molar-refractivity contribution is 9.10. The highest BCUT2D eigenvalue weighted by Crippen LogP contribution is 2.26. The van der Waals surface area contributed by atoms with E-state index in [9.17, 15) is 0 Å². The van der Waals surface area contributed by atoms with Crippen LogP contribution >= 0.6 is 15.9 Å². The minimum absolute atomic E-state index is 0.196. The van der Waals surface area contributed by atoms with Gasteiger partial charge in [0.1, 0.15) is 0 Å². The zero-order valence-corrected chi connectivity index (χ0v) is 12.0. The van der Waals surface area contributed by atoms with Gasteiger partial charge in [0.2, 0.25) is 0 Å². The van der Waals surface area contributed by atoms with E-state index in [4.69, 9.17) is 9.47 Å². The quantitative estimate of drug-likeness (QED) is 0.909. The molecule has 0 atom stereocenters. The van der Waals surface area contributed by atoms with E-state index in [1.54, 1.807) is 0 Å². The first-order valence-electron chi connectivity index (χ1n) is 5.77. The van der Waals surface area contributed by atoms with Crippen molar-refractivity contribution in [1.82, 2.24) is 0 Å². The summed E-state index contributed by atoms with van der Waals surface area (Å²) in [6, 6.07) is 6.44. The number of hydrogen-bond acceptors (Lipinski definition) is 3. The zero-order chi connectivity index (χ0) is 12.5. The highest BCUT2D eigenvalue weighted by Gasteiger charge is 2.28. The molecule has 0 unspecified atom stereocenters. The van der Waals surface area contributed by atoms with Crippen molar-refractivity contribution in [2.75, 3.05) is 18.5 Å². The molecule has 0 aliphatic carbocycles. The van der Waals surface area contributed by atoms with Crippen molar-refractivity contribution in [2.24, 2.45) is 0 Å². The lowest BCUT2D eigenvalue weighted by Gasteiger charge is -2.35. The SMILES string of the molecule is Cc1ccc(NC2COC(C)(C)OC2)c(Br)c1. The number of ether oxygens (including phenoxy) is 2. The van der Waals surface area contributed by atoms with E-state index in [2.05, 4.69) is 46.4 Å². The van der Waals surface area contributed by atoms with Gasteiger partial charge in [-0.3, -0.25) is 0 Å². The third-order valence-electron chi connectivity index (χ3n) is 2.75. The molecule has 0 aromatic heterocycles. The molecule has 0 radical (unpaired) electrons. The number of anilines is 1. The number of hydrogen-bond donors (Lipinski definition) is 1. The summed E-state index contributed by atoms with van der Waals surface area (Å²) in [5, 5.41) is 3.42. The first-order chi connectivity index (χ1) is 7.96. The van der Waals surface area contributed by atoms with E-state index in [1.165, 1.54) is 5.56 Å². The molecule has 1 N–H and O–H groups in total. The summed E-state index contributed by atoms with van der Waals surface area (Å²) in [7, 11) is 0. The number of rotatable bonds is 2. The van der Waals surface area contributed by atoms with Gasteiger partial charge in [0, 0.05) is 10.2 Å². The van der Waals surface area contributed by atoms with Crippen LogP contribution in [0.5, 0.6) is 0 Å². The van der Waals surface area contributed by atoms with E-state index >= 15 is 0 Å². The van der Waals surface area contributed by atoms with Crippen LogP contribution < -0.4 is 5.32 Å². The Labute approximate surface area is 111 Å². The van der Waals surface area contributed by atoms with Gasteiger partial charge in [-0.05, 0) is 54.4 Å². The predicted octanol–water partition coefficient (Wildman–Crippen LogP) is 3.32. The normalized spacial score (nSPS) is 20.2. The first-order valence-corrected chi connectivity index (χ1v) is 6.56. The van der Waals surface area contributed by atoms with Gasteiger partial charge in [0.05, 0.1) is 19.3 Å². The van der Waals surface area contributed by atoms with Gasteiger partial charge in [-0.2, -0.15) is 0 Å². The molecule has 3 nitrogen and oxygen atoms in total. The van der Waals surface area contributed by atoms with Crippen molar-refractivity contribution in [2.45, 2.75) is 32.6 Å². The molecule has 1 fully saturated rings. The van der Waals surface area contributed by atoms with Gasteiger partial charge in [0.25, 0.3) is 0 Å². The minimum Gasteiger partial charge on any atom is -0.377 e. The molecule has 0 saturated carbocycles. The Morgan fingerprint density at radius 3 is 2.53 bits per heavy atom. The fourth-order valence-electron chi connectivity index (χ4n) is 1.73. The summed E-state index contributed by atoms with van der Waals surface area (Å²) in [4.78, 5) is 0. The largest absolute Gasteiger partial charge is 0.377 e. The van der Waals surface area contributed by atoms with E-state index in [-0.39, 0.29) is 6.04 Å². The predicted molar refractivity (Wildman–Crippen MR) is 72.3 cm³/mol. The third kappa shape index (κ3) is 3.44. The molecule has 94 valence electrons. The maximum Gasteiger partial charge on any atom is 0.162 e. The van der Waals surface area contributed by atoms with Crippen molar-refractivity contribution in [1.29, 1.82) is 0 Å². The number of aryl methyl sites for hydroxylation is 1. The van der Waals surface area contributed by atoms with Gasteiger partial charge >= 0.3 is 0 Å². The van der Waals surface area contributed by atoms with Crippen LogP contribution in [0.1, 0.15) is 19.4 Å². The highest BCUT2D eigenvalue weighted by atomic mass is 79.9. The summed E-state index contributed by atoms with van der Waals surface area (Å²) in [6.07, 6.45) is 0. The summed E-state index contributed by atoms with van der Waals surface area (Å²) < 4.78 is 12.3. The van der Waals surface area contributed by atoms with Crippen molar-refractivity contribution in [3.05, 3.63) is 28.2 Å². The van der Waals surface area contributed by atoms with Crippen molar-refractivity contribution in [3.8, 4) is 0 Å². The maximum atomic E-state index is 5.61. The van der Waals surface area contributed by atoms with Gasteiger partial charge in [0.15, 0.2) is 5.79 Å². The Bertz CT molecular complexity index is 396. The second-order valence-corrected chi connectivity index (χ2v) is 5.70. The molecule has 1 heterocycles. The average Bonchev–Trinajstić information content (AvgIpc) is 2.25. The van der Waals surface area contributed by atoms with Crippen LogP contribution in [0, 0.1) is 6.92 Å². The minimum atomic E-state index is -0.456. The van der Waals surface area contributed by atoms with Gasteiger partial charge < -0.3 is 14.8 Å². The number of nitrogens with one attached hydrogen (secondary N) is 1. The van der Waals surface area contributed by atoms with Crippen LogP contribution in [0.15, 0.2) is 22.7 Å². The lowest BCUT2D eigenvalue weighted by Crippen LogP contribution is -2.45. The molecule has 1 aliphatic heterocycles. The summed E-state index contributed by atoms with van der Waals surface area (Å²) >= 11 is 3.55. The van der Waals surface area contributed by atoms with E-state index in [1.807, 2.05) is 13.8 Å². The Balaban J connectivity index is 1.98. The van der Waals surface area contributed by atoms with Crippen LogP contribution in [0.25, 0.3) is 0 Å². The molecule has 1 saturated heterocycles. The van der Waals surface area contributed by atoms with Gasteiger partial charge in [-0.1, -0.05) is 6.07 Å². The molecule has 1 aromatic carbocycles. The van der Waals surface area contributed by atoms with E-state index in [0.717, 1.165) is 10.2 Å². The molecule has 0 bridgehead atoms. The summed E-state index contributed by atoms with van der Waals surface area (Å²) in [5.74, 6) is -0.456. The van der Waals surface area contributed by atoms with E-state index in [0.29, 0.717) is 13.2 Å². The number of benzene rings is 1. The van der Waals surface area contributed by atoms with Crippen LogP contribution in [0.3, 0.4) is 0 Å². The second-order valence-electron chi connectivity index (χ2n) is 4.85. The first kappa shape index (κ1) is 12.9. The van der Waals surface area contributed by atoms with E-state index < -0.39 is 5.79 Å². The Kier molecular flexibility index (Phi) is 3.76. The molecule has 2 rings (SSSR count). The standard InChI is InChI=1S/C13H18BrNO2/c1-9-4-5-12(11(14)6-9)15-10-7-16-13(2,3)17-8-10/h4-6,10,15H,7-8H2,1-3H3. The summed E-state index contributed by atoms with van der Waals surface area (Å²) in [5.41, 5.74) is 2.31. The molecular formula is C13H18BrNO2. The maximum absolute atomic E-state index is 5.61. The lowest BCUT2D eigenvalue weighted by molar-refractivity contribution is -0.247. The topological polar surface area (TPSA) is 30.5 Å². The monoisotopic (exact) mass is 299 g/mol. The Morgan fingerprint density at radius 1 is 1.29 bits per heavy atom. The summed E-state index contributed by atoms with van der Waals surface area (Å²) in [6.45, 7) is 7.26. The van der Waals surface area contributed by atoms with Crippen LogP contribution in [-0.4, -0.2) is 25.0 Å². The smallest absolute Gasteiger partial charge is 0.162 e. The Hall–Kier alpha value is -0.580. The van der Waals surface area contributed by atoms with Crippen molar-refractivity contribution < 1.29 is 9.47 Å². The molecule has 1 aliphatic rings. The molecule has 0 amide bonds. The molecule has 17 heavy (non-hydrogen) atoms. The van der Waals surface area contributed by atoms with Gasteiger partial charge in [-0.25, -0.2) is 0 Å². The molecule has 0 spiro atoms. The van der Waals surface area contributed by atoms with Crippen molar-refractivity contribution >= 4 is 21.6 Å². The fraction of sp³-hybridized carbons (Fsp3) is 0.538. The van der Waals surface area contributed by atoms with Crippen LogP contribution in [-0.2, 0) is 9.47 Å². The van der Waals surface area contributed by atoms with Crippen molar-refractivity contribution in [3.63, 3.8) is 0 Å². The average molecular weight is 300 g/mol. The van der Waals surface area contributed by atoms with Crippen LogP contribution in [0.4, 0.5) is 5.69 Å². The third-order valence-corrected chi connectivity index (χ3v) is 3.40. The molecule has 1 aromatic rings.